The predicted molar refractivity (Wildman–Crippen MR) is 61.1 cm³/mol. The topological polar surface area (TPSA) is 115 Å². The van der Waals surface area contributed by atoms with Gasteiger partial charge in [-0.1, -0.05) is 0 Å². The molecular formula is C10H24O6. The van der Waals surface area contributed by atoms with Crippen LogP contribution in [-0.2, 0) is 9.59 Å². The maximum absolute atomic E-state index is 9.44. The Morgan fingerprint density at radius 2 is 0.688 bits per heavy atom. The van der Waals surface area contributed by atoms with Gasteiger partial charge in [0.25, 0.3) is 0 Å². The van der Waals surface area contributed by atoms with E-state index in [1.165, 1.54) is 27.7 Å². The molecule has 4 N–H and O–H groups in total. The van der Waals surface area contributed by atoms with E-state index in [1.807, 2.05) is 0 Å². The summed E-state index contributed by atoms with van der Waals surface area (Å²) >= 11 is 0. The standard InChI is InChI=1S/2C3H6O.2C2H6O2/c2*1-3(2)4;2*3-1-2-4/h2*1-2H3;2*3-4H,1-2H2. The zero-order valence-corrected chi connectivity index (χ0v) is 10.4. The summed E-state index contributed by atoms with van der Waals surface area (Å²) < 4.78 is 0. The number of hydrogen-bond donors (Lipinski definition) is 4. The van der Waals surface area contributed by atoms with Gasteiger partial charge in [0.1, 0.15) is 11.6 Å². The van der Waals surface area contributed by atoms with Crippen LogP contribution in [0.1, 0.15) is 27.7 Å². The van der Waals surface area contributed by atoms with Crippen LogP contribution in [-0.4, -0.2) is 58.4 Å². The van der Waals surface area contributed by atoms with Crippen LogP contribution in [0.4, 0.5) is 0 Å². The van der Waals surface area contributed by atoms with Crippen molar-refractivity contribution in [2.24, 2.45) is 0 Å². The molecule has 0 saturated heterocycles. The van der Waals surface area contributed by atoms with Crippen molar-refractivity contribution in [3.63, 3.8) is 0 Å². The Hall–Kier alpha value is -0.820. The fraction of sp³-hybridized carbons (Fsp3) is 0.800. The van der Waals surface area contributed by atoms with Crippen LogP contribution in [0.15, 0.2) is 0 Å². The third-order valence-electron chi connectivity index (χ3n) is 0.200. The molecule has 0 atom stereocenters. The van der Waals surface area contributed by atoms with Gasteiger partial charge in [0.05, 0.1) is 26.4 Å². The summed E-state index contributed by atoms with van der Waals surface area (Å²) in [5.41, 5.74) is 0. The molecule has 0 aromatic carbocycles. The molecule has 0 aliphatic rings. The largest absolute Gasteiger partial charge is 0.394 e. The number of ketones is 2. The third-order valence-corrected chi connectivity index (χ3v) is 0.200. The summed E-state index contributed by atoms with van der Waals surface area (Å²) in [5.74, 6) is 0.333. The Balaban J connectivity index is -0.0000000600. The average Bonchev–Trinajstić information content (AvgIpc) is 2.16. The molecule has 0 aliphatic heterocycles. The Morgan fingerprint density at radius 3 is 0.688 bits per heavy atom. The van der Waals surface area contributed by atoms with E-state index in [0.29, 0.717) is 0 Å². The number of rotatable bonds is 2. The van der Waals surface area contributed by atoms with Crippen LogP contribution in [0, 0.1) is 0 Å². The summed E-state index contributed by atoms with van der Waals surface area (Å²) in [6, 6.07) is 0. The molecule has 6 heteroatoms. The molecule has 0 aromatic heterocycles. The summed E-state index contributed by atoms with van der Waals surface area (Å²) in [6.07, 6.45) is 0. The van der Waals surface area contributed by atoms with Gasteiger partial charge in [0, 0.05) is 0 Å². The van der Waals surface area contributed by atoms with E-state index < -0.39 is 0 Å². The average molecular weight is 240 g/mol. The SMILES string of the molecule is CC(C)=O.CC(C)=O.OCCO.OCCO. The van der Waals surface area contributed by atoms with Gasteiger partial charge < -0.3 is 30.0 Å². The molecule has 0 unspecified atom stereocenters. The maximum atomic E-state index is 9.44. The zero-order chi connectivity index (χ0) is 14.0. The second-order valence-corrected chi connectivity index (χ2v) is 2.71. The first kappa shape index (κ1) is 24.4. The Labute approximate surface area is 96.5 Å². The molecule has 16 heavy (non-hydrogen) atoms. The number of aliphatic hydroxyl groups is 4. The van der Waals surface area contributed by atoms with Crippen LogP contribution in [0.3, 0.4) is 0 Å². The molecule has 0 bridgehead atoms. The quantitative estimate of drug-likeness (QED) is 0.499. The molecule has 0 radical (unpaired) electrons. The van der Waals surface area contributed by atoms with Gasteiger partial charge in [-0.25, -0.2) is 0 Å². The molecular weight excluding hydrogens is 216 g/mol. The number of carbonyl (C=O) groups is 2. The van der Waals surface area contributed by atoms with Crippen LogP contribution in [0.2, 0.25) is 0 Å². The van der Waals surface area contributed by atoms with Crippen LogP contribution < -0.4 is 0 Å². The third kappa shape index (κ3) is 1400. The molecule has 0 saturated carbocycles. The Kier molecular flexibility index (Phi) is 44.6. The lowest BCUT2D eigenvalue weighted by atomic mass is 10.6. The molecule has 0 aromatic rings. The molecule has 0 aliphatic carbocycles. The molecule has 0 rings (SSSR count). The second-order valence-electron chi connectivity index (χ2n) is 2.71. The predicted octanol–water partition coefficient (Wildman–Crippen LogP) is -0.867. The van der Waals surface area contributed by atoms with Gasteiger partial charge in [0.2, 0.25) is 0 Å². The molecule has 0 heterocycles. The number of carbonyl (C=O) groups excluding carboxylic acids is 2. The van der Waals surface area contributed by atoms with Gasteiger partial charge in [-0.2, -0.15) is 0 Å². The van der Waals surface area contributed by atoms with E-state index >= 15 is 0 Å². The van der Waals surface area contributed by atoms with Gasteiger partial charge in [0.15, 0.2) is 0 Å². The van der Waals surface area contributed by atoms with E-state index in [9.17, 15) is 9.59 Å². The van der Waals surface area contributed by atoms with Gasteiger partial charge in [-0.15, -0.1) is 0 Å². The molecule has 0 amide bonds. The van der Waals surface area contributed by atoms with E-state index in [1.54, 1.807) is 0 Å². The summed E-state index contributed by atoms with van der Waals surface area (Å²) in [6.45, 7) is 5.61. The summed E-state index contributed by atoms with van der Waals surface area (Å²) in [4.78, 5) is 18.9. The van der Waals surface area contributed by atoms with Crippen molar-refractivity contribution >= 4 is 11.6 Å². The van der Waals surface area contributed by atoms with Crippen molar-refractivity contribution in [2.75, 3.05) is 26.4 Å². The van der Waals surface area contributed by atoms with E-state index in [2.05, 4.69) is 0 Å². The molecule has 0 spiro atoms. The highest BCUT2D eigenvalue weighted by Crippen LogP contribution is 1.50. The fourth-order valence-electron chi connectivity index (χ4n) is 0. The highest BCUT2D eigenvalue weighted by Gasteiger charge is 1.62. The van der Waals surface area contributed by atoms with Crippen LogP contribution in [0.5, 0.6) is 0 Å². The highest BCUT2D eigenvalue weighted by molar-refractivity contribution is 5.72. The first-order chi connectivity index (χ1) is 7.29. The monoisotopic (exact) mass is 240 g/mol. The maximum Gasteiger partial charge on any atom is 0.126 e. The van der Waals surface area contributed by atoms with Crippen molar-refractivity contribution < 1.29 is 30.0 Å². The lowest BCUT2D eigenvalue weighted by molar-refractivity contribution is -0.115. The lowest BCUT2D eigenvalue weighted by Gasteiger charge is -1.70. The van der Waals surface area contributed by atoms with Crippen molar-refractivity contribution in [1.82, 2.24) is 0 Å². The van der Waals surface area contributed by atoms with Crippen molar-refractivity contribution in [3.05, 3.63) is 0 Å². The van der Waals surface area contributed by atoms with Crippen LogP contribution in [0.25, 0.3) is 0 Å². The number of hydrogen-bond acceptors (Lipinski definition) is 6. The molecule has 6 nitrogen and oxygen atoms in total. The first-order valence-electron chi connectivity index (χ1n) is 4.67. The summed E-state index contributed by atoms with van der Waals surface area (Å²) in [5, 5.41) is 30.5. The zero-order valence-electron chi connectivity index (χ0n) is 10.4. The minimum absolute atomic E-state index is 0.125. The number of aliphatic hydroxyl groups excluding tert-OH is 4. The van der Waals surface area contributed by atoms with Gasteiger partial charge in [-0.05, 0) is 27.7 Å². The van der Waals surface area contributed by atoms with Crippen molar-refractivity contribution in [1.29, 1.82) is 0 Å². The normalized spacial score (nSPS) is 7.00. The van der Waals surface area contributed by atoms with E-state index in [4.69, 9.17) is 20.4 Å². The number of Topliss-reactive ketones (excluding diaryl/α,β-unsaturated/α-hetero) is 2. The molecule has 0 fully saturated rings. The van der Waals surface area contributed by atoms with E-state index in [-0.39, 0.29) is 38.0 Å². The summed E-state index contributed by atoms with van der Waals surface area (Å²) in [7, 11) is 0. The highest BCUT2D eigenvalue weighted by atomic mass is 16.3. The second kappa shape index (κ2) is 29.2. The van der Waals surface area contributed by atoms with Crippen LogP contribution >= 0.6 is 0 Å². The van der Waals surface area contributed by atoms with Gasteiger partial charge in [-0.3, -0.25) is 0 Å². The molecule has 100 valence electrons. The lowest BCUT2D eigenvalue weighted by Crippen LogP contribution is -1.85. The fourth-order valence-corrected chi connectivity index (χ4v) is 0. The first-order valence-corrected chi connectivity index (χ1v) is 4.67. The van der Waals surface area contributed by atoms with E-state index in [0.717, 1.165) is 0 Å². The Morgan fingerprint density at radius 1 is 0.625 bits per heavy atom. The van der Waals surface area contributed by atoms with Crippen molar-refractivity contribution in [2.45, 2.75) is 27.7 Å². The smallest absolute Gasteiger partial charge is 0.126 e. The minimum Gasteiger partial charge on any atom is -0.394 e. The van der Waals surface area contributed by atoms with Gasteiger partial charge >= 0.3 is 0 Å². The Bertz CT molecular complexity index is 107. The van der Waals surface area contributed by atoms with Crippen molar-refractivity contribution in [3.8, 4) is 0 Å². The minimum atomic E-state index is -0.125.